The van der Waals surface area contributed by atoms with Crippen molar-refractivity contribution >= 4 is 22.9 Å². The number of hydrogen-bond acceptors (Lipinski definition) is 3. The van der Waals surface area contributed by atoms with Gasteiger partial charge in [-0.25, -0.2) is 9.97 Å². The second-order valence-corrected chi connectivity index (χ2v) is 3.85. The number of aromatic amines is 1. The third-order valence-corrected chi connectivity index (χ3v) is 2.60. The van der Waals surface area contributed by atoms with Gasteiger partial charge < -0.3 is 9.55 Å². The predicted molar refractivity (Wildman–Crippen MR) is 67.0 cm³/mol. The van der Waals surface area contributed by atoms with Crippen molar-refractivity contribution in [1.29, 1.82) is 0 Å². The Hall–Kier alpha value is -2.63. The number of nitrogens with zero attached hydrogens (tertiary/aromatic N) is 3. The summed E-state index contributed by atoms with van der Waals surface area (Å²) in [5.41, 5.74) is 1.82. The zero-order chi connectivity index (χ0) is 12.4. The zero-order valence-electron chi connectivity index (χ0n) is 9.50. The van der Waals surface area contributed by atoms with Crippen molar-refractivity contribution in [3.05, 3.63) is 43.0 Å². The maximum absolute atomic E-state index is 11.8. The van der Waals surface area contributed by atoms with Crippen LogP contribution in [-0.2, 0) is 11.3 Å². The summed E-state index contributed by atoms with van der Waals surface area (Å²) < 4.78 is 1.80. The fraction of sp³-hybridized carbons (Fsp3) is 0.0833. The highest BCUT2D eigenvalue weighted by Gasteiger charge is 2.07. The van der Waals surface area contributed by atoms with Crippen molar-refractivity contribution in [2.75, 3.05) is 5.32 Å². The molecular formula is C12H11N5O. The normalized spacial score (nSPS) is 10.7. The Balaban J connectivity index is 1.78. The first-order valence-electron chi connectivity index (χ1n) is 5.52. The molecule has 1 aromatic carbocycles. The largest absolute Gasteiger partial charge is 0.331 e. The maximum Gasteiger partial charge on any atom is 0.246 e. The van der Waals surface area contributed by atoms with E-state index in [4.69, 9.17) is 0 Å². The lowest BCUT2D eigenvalue weighted by Crippen LogP contribution is -2.18. The molecule has 0 radical (unpaired) electrons. The van der Waals surface area contributed by atoms with Crippen LogP contribution >= 0.6 is 0 Å². The number of nitrogens with one attached hydrogen (secondary N) is 2. The van der Waals surface area contributed by atoms with Crippen molar-refractivity contribution in [2.24, 2.45) is 0 Å². The van der Waals surface area contributed by atoms with Crippen LogP contribution in [-0.4, -0.2) is 25.4 Å². The summed E-state index contributed by atoms with van der Waals surface area (Å²) in [5, 5.41) is 2.67. The van der Waals surface area contributed by atoms with Gasteiger partial charge in [0.25, 0.3) is 0 Å². The van der Waals surface area contributed by atoms with Crippen LogP contribution < -0.4 is 5.32 Å². The molecule has 0 aliphatic carbocycles. The molecule has 0 unspecified atom stereocenters. The number of anilines is 1. The lowest BCUT2D eigenvalue weighted by atomic mass is 10.3. The number of carbonyl (C=O) groups excluding carboxylic acids is 1. The standard InChI is InChI=1S/C12H11N5O/c18-11(16-12-13-5-6-14-12)7-17-8-15-9-3-1-2-4-10(9)17/h1-6,8H,7H2,(H2,13,14,16,18). The minimum atomic E-state index is -0.145. The molecule has 6 heteroatoms. The fourth-order valence-corrected chi connectivity index (χ4v) is 1.80. The second-order valence-electron chi connectivity index (χ2n) is 3.85. The van der Waals surface area contributed by atoms with E-state index < -0.39 is 0 Å². The van der Waals surface area contributed by atoms with E-state index in [-0.39, 0.29) is 12.5 Å². The molecule has 90 valence electrons. The Bertz CT molecular complexity index is 671. The first-order valence-corrected chi connectivity index (χ1v) is 5.52. The molecule has 0 fully saturated rings. The van der Waals surface area contributed by atoms with Crippen LogP contribution in [0.4, 0.5) is 5.95 Å². The average molecular weight is 241 g/mol. The summed E-state index contributed by atoms with van der Waals surface area (Å²) in [6, 6.07) is 7.69. The van der Waals surface area contributed by atoms with E-state index in [0.29, 0.717) is 5.95 Å². The van der Waals surface area contributed by atoms with Gasteiger partial charge in [-0.1, -0.05) is 12.1 Å². The number of H-pyrrole nitrogens is 1. The van der Waals surface area contributed by atoms with E-state index in [2.05, 4.69) is 20.3 Å². The average Bonchev–Trinajstić information content (AvgIpc) is 3.00. The third-order valence-electron chi connectivity index (χ3n) is 2.60. The summed E-state index contributed by atoms with van der Waals surface area (Å²) in [6.45, 7) is 0.210. The Labute approximate surface area is 103 Å². The van der Waals surface area contributed by atoms with E-state index in [9.17, 15) is 4.79 Å². The number of para-hydroxylation sites is 2. The van der Waals surface area contributed by atoms with Gasteiger partial charge >= 0.3 is 0 Å². The van der Waals surface area contributed by atoms with Crippen molar-refractivity contribution in [1.82, 2.24) is 19.5 Å². The molecule has 0 atom stereocenters. The van der Waals surface area contributed by atoms with Gasteiger partial charge in [0, 0.05) is 12.4 Å². The summed E-state index contributed by atoms with van der Waals surface area (Å²) in [6.07, 6.45) is 4.90. The molecule has 3 rings (SSSR count). The molecule has 0 saturated heterocycles. The van der Waals surface area contributed by atoms with E-state index >= 15 is 0 Å². The lowest BCUT2D eigenvalue weighted by Gasteiger charge is -2.04. The monoisotopic (exact) mass is 241 g/mol. The van der Waals surface area contributed by atoms with Crippen molar-refractivity contribution in [2.45, 2.75) is 6.54 Å². The van der Waals surface area contributed by atoms with Crippen molar-refractivity contribution in [3.63, 3.8) is 0 Å². The Morgan fingerprint density at radius 1 is 1.33 bits per heavy atom. The number of fused-ring (bicyclic) bond motifs is 1. The van der Waals surface area contributed by atoms with Gasteiger partial charge in [-0.15, -0.1) is 0 Å². The minimum Gasteiger partial charge on any atom is -0.331 e. The predicted octanol–water partition coefficient (Wildman–Crippen LogP) is 1.40. The van der Waals surface area contributed by atoms with Gasteiger partial charge in [0.05, 0.1) is 17.4 Å². The van der Waals surface area contributed by atoms with Crippen LogP contribution in [0.25, 0.3) is 11.0 Å². The zero-order valence-corrected chi connectivity index (χ0v) is 9.50. The fourth-order valence-electron chi connectivity index (χ4n) is 1.80. The third kappa shape index (κ3) is 1.95. The molecule has 18 heavy (non-hydrogen) atoms. The van der Waals surface area contributed by atoms with Crippen LogP contribution in [0.3, 0.4) is 0 Å². The number of aromatic nitrogens is 4. The van der Waals surface area contributed by atoms with Gasteiger partial charge in [0.2, 0.25) is 11.9 Å². The smallest absolute Gasteiger partial charge is 0.246 e. The Kier molecular flexibility index (Phi) is 2.53. The van der Waals surface area contributed by atoms with Gasteiger partial charge in [-0.05, 0) is 12.1 Å². The number of amides is 1. The number of carbonyl (C=O) groups is 1. The molecule has 6 nitrogen and oxygen atoms in total. The van der Waals surface area contributed by atoms with E-state index in [0.717, 1.165) is 11.0 Å². The summed E-state index contributed by atoms with van der Waals surface area (Å²) in [5.74, 6) is 0.303. The van der Waals surface area contributed by atoms with Gasteiger partial charge in [-0.3, -0.25) is 10.1 Å². The van der Waals surface area contributed by atoms with E-state index in [1.165, 1.54) is 0 Å². The summed E-state index contributed by atoms with van der Waals surface area (Å²) >= 11 is 0. The minimum absolute atomic E-state index is 0.145. The number of imidazole rings is 2. The quantitative estimate of drug-likeness (QED) is 0.727. The molecule has 1 amide bonds. The first kappa shape index (κ1) is 10.5. The lowest BCUT2D eigenvalue weighted by molar-refractivity contribution is -0.116. The Morgan fingerprint density at radius 3 is 3.06 bits per heavy atom. The number of hydrogen-bond donors (Lipinski definition) is 2. The molecule has 0 spiro atoms. The highest BCUT2D eigenvalue weighted by atomic mass is 16.2. The summed E-state index contributed by atoms with van der Waals surface area (Å²) in [4.78, 5) is 22.8. The molecule has 3 aromatic rings. The SMILES string of the molecule is O=C(Cn1cnc2ccccc21)Nc1ncc[nH]1. The van der Waals surface area contributed by atoms with Crippen LogP contribution in [0, 0.1) is 0 Å². The highest BCUT2D eigenvalue weighted by Crippen LogP contribution is 2.11. The van der Waals surface area contributed by atoms with Crippen molar-refractivity contribution < 1.29 is 4.79 Å². The van der Waals surface area contributed by atoms with Gasteiger partial charge in [0.1, 0.15) is 6.54 Å². The van der Waals surface area contributed by atoms with Gasteiger partial charge in [0.15, 0.2) is 0 Å². The highest BCUT2D eigenvalue weighted by molar-refractivity contribution is 5.89. The van der Waals surface area contributed by atoms with E-state index in [1.807, 2.05) is 24.3 Å². The molecule has 0 aliphatic rings. The van der Waals surface area contributed by atoms with Crippen molar-refractivity contribution in [3.8, 4) is 0 Å². The molecule has 0 bridgehead atoms. The second kappa shape index (κ2) is 4.33. The molecule has 2 aromatic heterocycles. The van der Waals surface area contributed by atoms with Crippen LogP contribution in [0.15, 0.2) is 43.0 Å². The first-order chi connectivity index (χ1) is 8.83. The van der Waals surface area contributed by atoms with E-state index in [1.54, 1.807) is 23.3 Å². The maximum atomic E-state index is 11.8. The van der Waals surface area contributed by atoms with Crippen LogP contribution in [0.2, 0.25) is 0 Å². The number of rotatable bonds is 3. The molecule has 0 saturated carbocycles. The van der Waals surface area contributed by atoms with Crippen LogP contribution in [0.5, 0.6) is 0 Å². The molecule has 2 heterocycles. The van der Waals surface area contributed by atoms with Crippen LogP contribution in [0.1, 0.15) is 0 Å². The topological polar surface area (TPSA) is 75.6 Å². The van der Waals surface area contributed by atoms with Gasteiger partial charge in [-0.2, -0.15) is 0 Å². The molecule has 2 N–H and O–H groups in total. The summed E-state index contributed by atoms with van der Waals surface area (Å²) in [7, 11) is 0. The Morgan fingerprint density at radius 2 is 2.22 bits per heavy atom. The molecule has 0 aliphatic heterocycles. The molecular weight excluding hydrogens is 230 g/mol. The number of benzene rings is 1.